The van der Waals surface area contributed by atoms with E-state index in [9.17, 15) is 28.7 Å². The fraction of sp³-hybridized carbons (Fsp3) is 0.111. The minimum Gasteiger partial charge on any atom is -0.508 e. The van der Waals surface area contributed by atoms with Crippen LogP contribution in [0.5, 0.6) is 5.75 Å². The molecule has 1 atom stereocenters. The minimum atomic E-state index is -1.35. The number of aromatic carboxylic acids is 1. The zero-order valence-corrected chi connectivity index (χ0v) is 14.9. The average Bonchev–Trinajstić information content (AvgIpc) is 2.90. The number of halogens is 1. The molecular weight excluding hydrogens is 391 g/mol. The van der Waals surface area contributed by atoms with E-state index in [1.54, 1.807) is 0 Å². The lowest BCUT2D eigenvalue weighted by Gasteiger charge is -2.14. The zero-order chi connectivity index (χ0) is 20.4. The zero-order valence-electron chi connectivity index (χ0n) is 14.1. The number of phenols is 1. The Morgan fingerprint density at radius 3 is 2.46 bits per heavy atom. The molecule has 1 heterocycles. The summed E-state index contributed by atoms with van der Waals surface area (Å²) >= 11 is 0.659. The monoisotopic (exact) mass is 404 g/mol. The molecule has 0 aliphatic carbocycles. The molecule has 2 aromatic rings. The summed E-state index contributed by atoms with van der Waals surface area (Å²) in [6.07, 6.45) is -0.368. The maximum Gasteiger partial charge on any atom is 0.337 e. The molecule has 3 N–H and O–H groups in total. The summed E-state index contributed by atoms with van der Waals surface area (Å²) < 4.78 is 13.0. The smallest absolute Gasteiger partial charge is 0.337 e. The molecule has 2 aromatic carbocycles. The number of benzene rings is 2. The van der Waals surface area contributed by atoms with Crippen molar-refractivity contribution in [3.63, 3.8) is 0 Å². The van der Waals surface area contributed by atoms with Crippen LogP contribution in [0, 0.1) is 5.82 Å². The van der Waals surface area contributed by atoms with Gasteiger partial charge in [-0.15, -0.1) is 0 Å². The highest BCUT2D eigenvalue weighted by atomic mass is 32.2. The van der Waals surface area contributed by atoms with Gasteiger partial charge < -0.3 is 15.5 Å². The average molecular weight is 404 g/mol. The molecule has 0 aromatic heterocycles. The number of carbonyl (C=O) groups excluding carboxylic acids is 3. The highest BCUT2D eigenvalue weighted by Gasteiger charge is 2.41. The summed E-state index contributed by atoms with van der Waals surface area (Å²) in [5, 5.41) is 19.3. The van der Waals surface area contributed by atoms with Crippen LogP contribution >= 0.6 is 11.8 Å². The van der Waals surface area contributed by atoms with Crippen LogP contribution in [0.3, 0.4) is 0 Å². The quantitative estimate of drug-likeness (QED) is 0.655. The molecule has 144 valence electrons. The lowest BCUT2D eigenvalue weighted by molar-refractivity contribution is -0.121. The number of phenolic OH excluding ortho intramolecular Hbond substituents is 1. The highest BCUT2D eigenvalue weighted by molar-refractivity contribution is 8.15. The first-order valence-corrected chi connectivity index (χ1v) is 8.80. The molecule has 8 nitrogen and oxygen atoms in total. The number of amides is 3. The Morgan fingerprint density at radius 1 is 1.14 bits per heavy atom. The van der Waals surface area contributed by atoms with Gasteiger partial charge in [-0.05, 0) is 54.2 Å². The van der Waals surface area contributed by atoms with Gasteiger partial charge in [0, 0.05) is 6.42 Å². The number of imide groups is 1. The molecule has 1 aliphatic rings. The number of anilines is 2. The van der Waals surface area contributed by atoms with Crippen molar-refractivity contribution < 1.29 is 33.8 Å². The van der Waals surface area contributed by atoms with Gasteiger partial charge >= 0.3 is 5.97 Å². The minimum absolute atomic E-state index is 0.0486. The van der Waals surface area contributed by atoms with E-state index in [1.807, 2.05) is 0 Å². The first-order valence-electron chi connectivity index (χ1n) is 7.92. The second-order valence-corrected chi connectivity index (χ2v) is 6.96. The molecule has 1 fully saturated rings. The predicted molar refractivity (Wildman–Crippen MR) is 99.0 cm³/mol. The third kappa shape index (κ3) is 3.96. The van der Waals surface area contributed by atoms with E-state index in [0.29, 0.717) is 11.8 Å². The third-order valence-electron chi connectivity index (χ3n) is 3.88. The van der Waals surface area contributed by atoms with Crippen molar-refractivity contribution in [3.05, 3.63) is 53.8 Å². The Labute approximate surface area is 162 Å². The lowest BCUT2D eigenvalue weighted by Crippen LogP contribution is -2.33. The van der Waals surface area contributed by atoms with Gasteiger partial charge in [0.25, 0.3) is 5.24 Å². The third-order valence-corrected chi connectivity index (χ3v) is 4.92. The summed E-state index contributed by atoms with van der Waals surface area (Å²) in [7, 11) is 0. The van der Waals surface area contributed by atoms with Crippen LogP contribution in [0.4, 0.5) is 20.6 Å². The molecule has 0 radical (unpaired) electrons. The fourth-order valence-corrected chi connectivity index (χ4v) is 3.58. The van der Waals surface area contributed by atoms with Gasteiger partial charge in [0.1, 0.15) is 16.8 Å². The van der Waals surface area contributed by atoms with Crippen LogP contribution in [0.1, 0.15) is 16.8 Å². The molecule has 1 saturated heterocycles. The molecule has 10 heteroatoms. The second-order valence-electron chi connectivity index (χ2n) is 5.81. The Morgan fingerprint density at radius 2 is 1.82 bits per heavy atom. The molecule has 0 spiro atoms. The molecule has 3 amide bonds. The number of carbonyl (C=O) groups is 4. The molecular formula is C18H13FN2O6S. The second kappa shape index (κ2) is 7.69. The topological polar surface area (TPSA) is 124 Å². The first-order chi connectivity index (χ1) is 13.3. The summed E-state index contributed by atoms with van der Waals surface area (Å²) in [6.45, 7) is 0. The Kier molecular flexibility index (Phi) is 5.32. The highest BCUT2D eigenvalue weighted by Crippen LogP contribution is 2.33. The number of hydrogen-bond acceptors (Lipinski definition) is 6. The van der Waals surface area contributed by atoms with Crippen molar-refractivity contribution in [2.75, 3.05) is 10.2 Å². The van der Waals surface area contributed by atoms with E-state index in [2.05, 4.69) is 5.32 Å². The van der Waals surface area contributed by atoms with Gasteiger partial charge in [0.15, 0.2) is 0 Å². The van der Waals surface area contributed by atoms with Crippen LogP contribution < -0.4 is 10.2 Å². The van der Waals surface area contributed by atoms with E-state index in [1.165, 1.54) is 24.3 Å². The Balaban J connectivity index is 1.72. The lowest BCUT2D eigenvalue weighted by atomic mass is 10.1. The number of nitrogens with zero attached hydrogens (tertiary/aromatic N) is 1. The molecule has 1 unspecified atom stereocenters. The summed E-state index contributed by atoms with van der Waals surface area (Å²) in [4.78, 5) is 49.0. The van der Waals surface area contributed by atoms with Crippen molar-refractivity contribution in [3.8, 4) is 5.75 Å². The maximum atomic E-state index is 13.0. The van der Waals surface area contributed by atoms with Crippen molar-refractivity contribution in [2.24, 2.45) is 0 Å². The van der Waals surface area contributed by atoms with Gasteiger partial charge in [0.2, 0.25) is 11.8 Å². The molecule has 1 aliphatic heterocycles. The number of hydrogen-bond donors (Lipinski definition) is 3. The number of carboxylic acid groups (broad SMARTS) is 1. The van der Waals surface area contributed by atoms with Crippen LogP contribution in [0.15, 0.2) is 42.5 Å². The molecule has 3 rings (SSSR count). The normalized spacial score (nSPS) is 16.3. The van der Waals surface area contributed by atoms with Crippen LogP contribution in [0.25, 0.3) is 0 Å². The number of rotatable bonds is 5. The van der Waals surface area contributed by atoms with Crippen molar-refractivity contribution in [1.29, 1.82) is 0 Å². The van der Waals surface area contributed by atoms with E-state index in [-0.39, 0.29) is 29.1 Å². The van der Waals surface area contributed by atoms with Gasteiger partial charge in [-0.1, -0.05) is 0 Å². The summed E-state index contributed by atoms with van der Waals surface area (Å²) in [6, 6.07) is 8.19. The van der Waals surface area contributed by atoms with Crippen molar-refractivity contribution in [1.82, 2.24) is 0 Å². The van der Waals surface area contributed by atoms with Crippen LogP contribution in [-0.2, 0) is 9.59 Å². The van der Waals surface area contributed by atoms with Crippen molar-refractivity contribution >= 4 is 46.2 Å². The Bertz CT molecular complexity index is 979. The Hall–Kier alpha value is -3.40. The molecule has 0 bridgehead atoms. The SMILES string of the molecule is O=C(CC1SC(=O)N(c2ccc(F)cc2)C1=O)Nc1ccc(O)cc1C(=O)O. The summed E-state index contributed by atoms with van der Waals surface area (Å²) in [5.74, 6) is -3.45. The molecule has 0 saturated carbocycles. The van der Waals surface area contributed by atoms with E-state index < -0.39 is 34.1 Å². The number of thioether (sulfide) groups is 1. The van der Waals surface area contributed by atoms with Gasteiger partial charge in [0.05, 0.1) is 16.9 Å². The number of aromatic hydroxyl groups is 1. The number of carboxylic acids is 1. The van der Waals surface area contributed by atoms with Crippen molar-refractivity contribution in [2.45, 2.75) is 11.7 Å². The van der Waals surface area contributed by atoms with Gasteiger partial charge in [-0.2, -0.15) is 0 Å². The number of nitrogens with one attached hydrogen (secondary N) is 1. The predicted octanol–water partition coefficient (Wildman–Crippen LogP) is 2.83. The van der Waals surface area contributed by atoms with E-state index >= 15 is 0 Å². The van der Waals surface area contributed by atoms with Crippen LogP contribution in [0.2, 0.25) is 0 Å². The van der Waals surface area contributed by atoms with Gasteiger partial charge in [-0.3, -0.25) is 14.4 Å². The molecule has 28 heavy (non-hydrogen) atoms. The maximum absolute atomic E-state index is 13.0. The standard InChI is InChI=1S/C18H13FN2O6S/c19-9-1-3-10(4-2-9)21-16(24)14(28-18(21)27)8-15(23)20-13-6-5-11(22)7-12(13)17(25)26/h1-7,14,22H,8H2,(H,20,23)(H,25,26). The van der Waals surface area contributed by atoms with Crippen LogP contribution in [-0.4, -0.2) is 38.5 Å². The van der Waals surface area contributed by atoms with E-state index in [0.717, 1.165) is 23.1 Å². The largest absolute Gasteiger partial charge is 0.508 e. The summed E-state index contributed by atoms with van der Waals surface area (Å²) in [5.41, 5.74) is -0.172. The first kappa shape index (κ1) is 19.4. The van der Waals surface area contributed by atoms with E-state index in [4.69, 9.17) is 5.11 Å². The van der Waals surface area contributed by atoms with Gasteiger partial charge in [-0.25, -0.2) is 14.1 Å². The fourth-order valence-electron chi connectivity index (χ4n) is 2.60.